The van der Waals surface area contributed by atoms with E-state index < -0.39 is 24.5 Å². The Balaban J connectivity index is 1.58. The minimum absolute atomic E-state index is 0.389. The molecule has 0 saturated carbocycles. The van der Waals surface area contributed by atoms with Gasteiger partial charge in [-0.1, -0.05) is 41.7 Å². The Morgan fingerprint density at radius 2 is 2.11 bits per heavy atom. The Morgan fingerprint density at radius 1 is 1.29 bits per heavy atom. The molecule has 1 aromatic carbocycles. The van der Waals surface area contributed by atoms with Crippen molar-refractivity contribution >= 4 is 45.7 Å². The van der Waals surface area contributed by atoms with Crippen molar-refractivity contribution in [3.05, 3.63) is 35.4 Å². The van der Waals surface area contributed by atoms with Gasteiger partial charge in [0.2, 0.25) is 5.91 Å². The first-order valence-corrected chi connectivity index (χ1v) is 11.2. The number of amides is 2. The predicted octanol–water partition coefficient (Wildman–Crippen LogP) is 2.05. The van der Waals surface area contributed by atoms with Crippen molar-refractivity contribution in [2.24, 2.45) is 10.7 Å². The molecule has 0 spiro atoms. The van der Waals surface area contributed by atoms with Gasteiger partial charge in [-0.2, -0.15) is 0 Å². The van der Waals surface area contributed by atoms with Crippen LogP contribution in [0, 0.1) is 0 Å². The molecule has 7 nitrogen and oxygen atoms in total. The molecular formula is C19H23N3O4S2. The van der Waals surface area contributed by atoms with E-state index >= 15 is 0 Å². The van der Waals surface area contributed by atoms with Crippen LogP contribution in [0.1, 0.15) is 35.2 Å². The van der Waals surface area contributed by atoms with Gasteiger partial charge in [0.1, 0.15) is 10.4 Å². The lowest BCUT2D eigenvalue weighted by atomic mass is 10.0. The largest absolute Gasteiger partial charge is 0.452 e. The summed E-state index contributed by atoms with van der Waals surface area (Å²) in [5.41, 5.74) is 6.68. The number of primary amides is 1. The maximum absolute atomic E-state index is 12.5. The zero-order valence-electron chi connectivity index (χ0n) is 15.5. The molecule has 1 saturated heterocycles. The van der Waals surface area contributed by atoms with Crippen molar-refractivity contribution in [1.29, 1.82) is 0 Å². The lowest BCUT2D eigenvalue weighted by Gasteiger charge is -2.33. The van der Waals surface area contributed by atoms with E-state index in [9.17, 15) is 14.4 Å². The number of nitrogens with two attached hydrogens (primary N) is 1. The third-order valence-corrected chi connectivity index (χ3v) is 6.93. The Hall–Kier alpha value is -2.00. The Bertz CT molecular complexity index is 784. The fourth-order valence-corrected chi connectivity index (χ4v) is 5.21. The molecule has 1 atom stereocenters. The molecule has 28 heavy (non-hydrogen) atoms. The van der Waals surface area contributed by atoms with Gasteiger partial charge in [0, 0.05) is 18.1 Å². The number of carbonyl (C=O) groups is 3. The van der Waals surface area contributed by atoms with Crippen LogP contribution in [0.5, 0.6) is 0 Å². The highest BCUT2D eigenvalue weighted by Gasteiger charge is 2.31. The van der Waals surface area contributed by atoms with E-state index in [0.717, 1.165) is 35.1 Å². The molecule has 9 heteroatoms. The summed E-state index contributed by atoms with van der Waals surface area (Å²) >= 11 is 3.32. The molecular weight excluding hydrogens is 398 g/mol. The van der Waals surface area contributed by atoms with Crippen LogP contribution in [-0.2, 0) is 20.1 Å². The Kier molecular flexibility index (Phi) is 7.38. The van der Waals surface area contributed by atoms with E-state index in [1.807, 2.05) is 12.1 Å². The number of thioether (sulfide) groups is 2. The fraction of sp³-hybridized carbons (Fsp3) is 0.474. The minimum Gasteiger partial charge on any atom is -0.452 e. The first kappa shape index (κ1) is 20.7. The zero-order chi connectivity index (χ0) is 19.9. The van der Waals surface area contributed by atoms with Gasteiger partial charge in [-0.15, -0.1) is 0 Å². The molecule has 2 heterocycles. The van der Waals surface area contributed by atoms with Crippen LogP contribution in [0.25, 0.3) is 0 Å². The summed E-state index contributed by atoms with van der Waals surface area (Å²) in [5, 5.41) is 0. The lowest BCUT2D eigenvalue weighted by Crippen LogP contribution is -2.51. The summed E-state index contributed by atoms with van der Waals surface area (Å²) in [4.78, 5) is 42.4. The van der Waals surface area contributed by atoms with E-state index in [0.29, 0.717) is 24.3 Å². The maximum atomic E-state index is 12.5. The second-order valence-electron chi connectivity index (χ2n) is 6.52. The third kappa shape index (κ3) is 5.29. The second-order valence-corrected chi connectivity index (χ2v) is 8.83. The second kappa shape index (κ2) is 9.97. The van der Waals surface area contributed by atoms with Gasteiger partial charge in [0.15, 0.2) is 6.61 Å². The van der Waals surface area contributed by atoms with Gasteiger partial charge < -0.3 is 15.4 Å². The van der Waals surface area contributed by atoms with E-state index in [1.54, 1.807) is 35.7 Å². The molecule has 1 fully saturated rings. The molecule has 1 aromatic rings. The first-order chi connectivity index (χ1) is 13.6. The van der Waals surface area contributed by atoms with Gasteiger partial charge in [0.05, 0.1) is 12.1 Å². The number of likely N-dealkylation sites (tertiary alicyclic amines) is 1. The van der Waals surface area contributed by atoms with Gasteiger partial charge in [-0.05, 0) is 30.9 Å². The minimum atomic E-state index is -0.617. The molecule has 0 unspecified atom stereocenters. The third-order valence-electron chi connectivity index (χ3n) is 4.62. The number of nitrogens with zero attached hydrogens (tertiary/aromatic N) is 2. The first-order valence-electron chi connectivity index (χ1n) is 9.20. The molecule has 0 aromatic heterocycles. The number of ether oxygens (including phenoxy) is 1. The molecule has 0 aliphatic carbocycles. The van der Waals surface area contributed by atoms with Crippen molar-refractivity contribution in [2.75, 3.05) is 25.4 Å². The molecule has 3 rings (SSSR count). The number of carbonyl (C=O) groups excluding carboxylic acids is 3. The molecule has 2 aliphatic heterocycles. The highest BCUT2D eigenvalue weighted by molar-refractivity contribution is 8.38. The summed E-state index contributed by atoms with van der Waals surface area (Å²) in [6.07, 6.45) is 2.22. The monoisotopic (exact) mass is 421 g/mol. The summed E-state index contributed by atoms with van der Waals surface area (Å²) in [6, 6.07) is 6.58. The Morgan fingerprint density at radius 3 is 2.86 bits per heavy atom. The number of piperidine rings is 1. The van der Waals surface area contributed by atoms with Crippen LogP contribution in [0.3, 0.4) is 0 Å². The number of aliphatic imine (C=N–C) groups is 1. The van der Waals surface area contributed by atoms with Crippen molar-refractivity contribution in [3.63, 3.8) is 0 Å². The highest BCUT2D eigenvalue weighted by atomic mass is 32.2. The van der Waals surface area contributed by atoms with Crippen LogP contribution < -0.4 is 5.73 Å². The molecule has 2 aliphatic rings. The van der Waals surface area contributed by atoms with Gasteiger partial charge in [-0.25, -0.2) is 4.79 Å². The van der Waals surface area contributed by atoms with Crippen LogP contribution in [0.4, 0.5) is 0 Å². The number of rotatable bonds is 6. The van der Waals surface area contributed by atoms with Crippen LogP contribution in [0.15, 0.2) is 29.3 Å². The predicted molar refractivity (Wildman–Crippen MR) is 111 cm³/mol. The van der Waals surface area contributed by atoms with Gasteiger partial charge in [-0.3, -0.25) is 14.6 Å². The molecule has 2 amide bonds. The highest BCUT2D eigenvalue weighted by Crippen LogP contribution is 2.26. The molecule has 0 bridgehead atoms. The number of hydrogen-bond acceptors (Lipinski definition) is 7. The normalized spacial score (nSPS) is 19.2. The summed E-state index contributed by atoms with van der Waals surface area (Å²) in [5.74, 6) is 0.158. The number of benzene rings is 1. The van der Waals surface area contributed by atoms with Gasteiger partial charge >= 0.3 is 5.97 Å². The topological polar surface area (TPSA) is 102 Å². The van der Waals surface area contributed by atoms with Crippen molar-refractivity contribution in [1.82, 2.24) is 4.90 Å². The molecule has 2 N–H and O–H groups in total. The zero-order valence-corrected chi connectivity index (χ0v) is 17.1. The maximum Gasteiger partial charge on any atom is 0.338 e. The standard InChI is InChI=1S/C19H23N3O4S2/c20-17(24)15-7-3-4-9-22(15)16(23)11-26-18(25)14-6-2-1-5-13(14)12-28-19-21-8-10-27-19/h1-2,5-6,15H,3-4,7-12H2,(H2,20,24)/t15-/m0/s1. The van der Waals surface area contributed by atoms with Crippen molar-refractivity contribution < 1.29 is 19.1 Å². The van der Waals surface area contributed by atoms with Crippen molar-refractivity contribution in [3.8, 4) is 0 Å². The number of hydrogen-bond donors (Lipinski definition) is 1. The van der Waals surface area contributed by atoms with Crippen molar-refractivity contribution in [2.45, 2.75) is 31.1 Å². The summed E-state index contributed by atoms with van der Waals surface area (Å²) in [6.45, 7) is 0.894. The van der Waals surface area contributed by atoms with Crippen LogP contribution in [0.2, 0.25) is 0 Å². The Labute approximate surface area is 172 Å². The average molecular weight is 422 g/mol. The van der Waals surface area contributed by atoms with Crippen LogP contribution >= 0.6 is 23.5 Å². The SMILES string of the molecule is NC(=O)[C@@H]1CCCCN1C(=O)COC(=O)c1ccccc1CSC1=NCCS1. The smallest absolute Gasteiger partial charge is 0.338 e. The molecule has 0 radical (unpaired) electrons. The van der Waals surface area contributed by atoms with Crippen LogP contribution in [-0.4, -0.2) is 58.6 Å². The lowest BCUT2D eigenvalue weighted by molar-refractivity contribution is -0.143. The van der Waals surface area contributed by atoms with E-state index in [1.165, 1.54) is 4.90 Å². The summed E-state index contributed by atoms with van der Waals surface area (Å²) < 4.78 is 6.29. The summed E-state index contributed by atoms with van der Waals surface area (Å²) in [7, 11) is 0. The molecule has 150 valence electrons. The van der Waals surface area contributed by atoms with Gasteiger partial charge in [0.25, 0.3) is 5.91 Å². The average Bonchev–Trinajstić information content (AvgIpc) is 3.24. The quantitative estimate of drug-likeness (QED) is 0.706. The fourth-order valence-electron chi connectivity index (χ4n) is 3.20. The van der Waals surface area contributed by atoms with E-state index in [2.05, 4.69) is 4.99 Å². The van der Waals surface area contributed by atoms with E-state index in [4.69, 9.17) is 10.5 Å². The number of esters is 1. The van der Waals surface area contributed by atoms with E-state index in [-0.39, 0.29) is 5.91 Å².